The van der Waals surface area contributed by atoms with Gasteiger partial charge in [0.25, 0.3) is 5.91 Å². The van der Waals surface area contributed by atoms with Crippen molar-refractivity contribution in [3.63, 3.8) is 0 Å². The number of nitrogens with zero attached hydrogens (tertiary/aromatic N) is 2. The minimum Gasteiger partial charge on any atom is -0.369 e. The maximum atomic E-state index is 12.1. The normalized spacial score (nSPS) is 10.2. The van der Waals surface area contributed by atoms with Crippen LogP contribution < -0.4 is 10.6 Å². The van der Waals surface area contributed by atoms with E-state index in [2.05, 4.69) is 20.6 Å². The van der Waals surface area contributed by atoms with Crippen LogP contribution in [0.3, 0.4) is 0 Å². The van der Waals surface area contributed by atoms with Gasteiger partial charge in [-0.25, -0.2) is 4.98 Å². The van der Waals surface area contributed by atoms with Gasteiger partial charge in [0.2, 0.25) is 0 Å². The summed E-state index contributed by atoms with van der Waals surface area (Å²) in [4.78, 5) is 20.3. The molecule has 2 rings (SSSR count). The van der Waals surface area contributed by atoms with Gasteiger partial charge in [-0.3, -0.25) is 9.78 Å². The predicted molar refractivity (Wildman–Crippen MR) is 83.6 cm³/mol. The first-order valence-electron chi connectivity index (χ1n) is 6.69. The van der Waals surface area contributed by atoms with Crippen molar-refractivity contribution in [3.05, 3.63) is 52.4 Å². The fourth-order valence-corrected chi connectivity index (χ4v) is 2.07. The average Bonchev–Trinajstić information content (AvgIpc) is 2.48. The lowest BCUT2D eigenvalue weighted by molar-refractivity contribution is 0.0950. The lowest BCUT2D eigenvalue weighted by atomic mass is 10.1. The van der Waals surface area contributed by atoms with E-state index >= 15 is 0 Å². The summed E-state index contributed by atoms with van der Waals surface area (Å²) in [6.45, 7) is 5.08. The molecule has 2 aromatic rings. The maximum Gasteiger partial charge on any atom is 0.253 e. The van der Waals surface area contributed by atoms with E-state index < -0.39 is 0 Å². The molecule has 0 aromatic carbocycles. The lowest BCUT2D eigenvalue weighted by Crippen LogP contribution is -2.23. The van der Waals surface area contributed by atoms with E-state index in [-0.39, 0.29) is 5.91 Å². The third-order valence-corrected chi connectivity index (χ3v) is 3.31. The van der Waals surface area contributed by atoms with E-state index in [1.165, 1.54) is 6.20 Å². The number of hydrogen-bond acceptors (Lipinski definition) is 4. The summed E-state index contributed by atoms with van der Waals surface area (Å²) in [7, 11) is 0. The van der Waals surface area contributed by atoms with Crippen molar-refractivity contribution in [3.8, 4) is 0 Å². The van der Waals surface area contributed by atoms with Crippen LogP contribution in [0.15, 0.2) is 30.7 Å². The van der Waals surface area contributed by atoms with E-state index in [4.69, 9.17) is 11.6 Å². The first kappa shape index (κ1) is 15.3. The monoisotopic (exact) mass is 304 g/mol. The van der Waals surface area contributed by atoms with Gasteiger partial charge in [0.05, 0.1) is 10.6 Å². The molecule has 0 bridgehead atoms. The molecule has 0 unspecified atom stereocenters. The van der Waals surface area contributed by atoms with Crippen LogP contribution in [0.25, 0.3) is 0 Å². The van der Waals surface area contributed by atoms with Crippen LogP contribution in [0.1, 0.15) is 28.4 Å². The first-order chi connectivity index (χ1) is 10.1. The largest absolute Gasteiger partial charge is 0.369 e. The van der Waals surface area contributed by atoms with E-state index in [1.54, 1.807) is 18.5 Å². The van der Waals surface area contributed by atoms with Crippen molar-refractivity contribution < 1.29 is 4.79 Å². The number of pyridine rings is 2. The highest BCUT2D eigenvalue weighted by molar-refractivity contribution is 6.33. The Balaban J connectivity index is 2.04. The van der Waals surface area contributed by atoms with Gasteiger partial charge in [0.15, 0.2) is 0 Å². The number of carbonyl (C=O) groups excluding carboxylic acids is 1. The molecule has 0 aliphatic rings. The van der Waals surface area contributed by atoms with E-state index in [1.807, 2.05) is 19.9 Å². The molecule has 0 saturated carbocycles. The number of rotatable bonds is 5. The van der Waals surface area contributed by atoms with Crippen molar-refractivity contribution in [2.75, 3.05) is 11.9 Å². The van der Waals surface area contributed by atoms with Crippen molar-refractivity contribution in [2.24, 2.45) is 0 Å². The predicted octanol–water partition coefficient (Wildman–Crippen LogP) is 2.80. The van der Waals surface area contributed by atoms with Crippen LogP contribution in [-0.2, 0) is 6.54 Å². The van der Waals surface area contributed by atoms with E-state index in [0.29, 0.717) is 22.9 Å². The fraction of sp³-hybridized carbons (Fsp3) is 0.267. The van der Waals surface area contributed by atoms with Crippen LogP contribution in [0.2, 0.25) is 5.02 Å². The number of amides is 1. The number of aromatic nitrogens is 2. The second-order valence-corrected chi connectivity index (χ2v) is 4.98. The summed E-state index contributed by atoms with van der Waals surface area (Å²) in [5, 5.41) is 6.31. The molecule has 0 aliphatic carbocycles. The Kier molecular flexibility index (Phi) is 5.11. The van der Waals surface area contributed by atoms with E-state index in [9.17, 15) is 4.79 Å². The molecule has 6 heteroatoms. The molecule has 0 spiro atoms. The number of halogens is 1. The zero-order valence-corrected chi connectivity index (χ0v) is 12.7. The van der Waals surface area contributed by atoms with Crippen molar-refractivity contribution in [1.29, 1.82) is 0 Å². The van der Waals surface area contributed by atoms with Crippen LogP contribution >= 0.6 is 11.6 Å². The smallest absolute Gasteiger partial charge is 0.253 e. The molecule has 0 radical (unpaired) electrons. The van der Waals surface area contributed by atoms with Crippen molar-refractivity contribution >= 4 is 23.3 Å². The highest BCUT2D eigenvalue weighted by atomic mass is 35.5. The van der Waals surface area contributed by atoms with Crippen LogP contribution in [-0.4, -0.2) is 22.4 Å². The molecule has 0 saturated heterocycles. The minimum absolute atomic E-state index is 0.205. The van der Waals surface area contributed by atoms with Crippen LogP contribution in [0.4, 0.5) is 5.82 Å². The number of aryl methyl sites for hydroxylation is 1. The molecule has 110 valence electrons. The summed E-state index contributed by atoms with van der Waals surface area (Å²) in [5.74, 6) is 0.379. The Hall–Kier alpha value is -2.14. The quantitative estimate of drug-likeness (QED) is 0.891. The van der Waals surface area contributed by atoms with E-state index in [0.717, 1.165) is 17.7 Å². The molecule has 0 atom stereocenters. The van der Waals surface area contributed by atoms with Crippen LogP contribution in [0, 0.1) is 6.92 Å². The fourth-order valence-electron chi connectivity index (χ4n) is 1.84. The zero-order chi connectivity index (χ0) is 15.2. The molecule has 1 amide bonds. The number of hydrogen-bond donors (Lipinski definition) is 2. The number of anilines is 1. The van der Waals surface area contributed by atoms with Gasteiger partial charge < -0.3 is 10.6 Å². The number of carbonyl (C=O) groups is 1. The second kappa shape index (κ2) is 7.04. The van der Waals surface area contributed by atoms with Gasteiger partial charge in [0.1, 0.15) is 5.82 Å². The molecule has 2 aromatic heterocycles. The molecule has 0 aliphatic heterocycles. The molecular weight excluding hydrogens is 288 g/mol. The summed E-state index contributed by atoms with van der Waals surface area (Å²) < 4.78 is 0. The standard InChI is InChI=1S/C15H17ClN4O/c1-3-18-14-13(16)6-12(9-19-14)15(21)20-8-11-4-5-17-7-10(11)2/h4-7,9H,3,8H2,1-2H3,(H,18,19)(H,20,21). The third kappa shape index (κ3) is 3.92. The lowest BCUT2D eigenvalue weighted by Gasteiger charge is -2.09. The first-order valence-corrected chi connectivity index (χ1v) is 7.06. The molecular formula is C15H17ClN4O. The molecule has 5 nitrogen and oxygen atoms in total. The van der Waals surface area contributed by atoms with Gasteiger partial charge in [0, 0.05) is 31.7 Å². The Morgan fingerprint density at radius 3 is 2.86 bits per heavy atom. The van der Waals surface area contributed by atoms with Gasteiger partial charge in [-0.2, -0.15) is 0 Å². The Labute approximate surface area is 128 Å². The van der Waals surface area contributed by atoms with Crippen molar-refractivity contribution in [1.82, 2.24) is 15.3 Å². The summed E-state index contributed by atoms with van der Waals surface area (Å²) in [6, 6.07) is 3.50. The Morgan fingerprint density at radius 1 is 1.38 bits per heavy atom. The average molecular weight is 305 g/mol. The summed E-state index contributed by atoms with van der Waals surface area (Å²) in [6.07, 6.45) is 4.99. The topological polar surface area (TPSA) is 66.9 Å². The molecule has 2 heterocycles. The van der Waals surface area contributed by atoms with Gasteiger partial charge in [-0.1, -0.05) is 11.6 Å². The van der Waals surface area contributed by atoms with Crippen molar-refractivity contribution in [2.45, 2.75) is 20.4 Å². The maximum absolute atomic E-state index is 12.1. The number of nitrogens with one attached hydrogen (secondary N) is 2. The molecule has 2 N–H and O–H groups in total. The molecule has 21 heavy (non-hydrogen) atoms. The highest BCUT2D eigenvalue weighted by Crippen LogP contribution is 2.19. The highest BCUT2D eigenvalue weighted by Gasteiger charge is 2.10. The molecule has 0 fully saturated rings. The minimum atomic E-state index is -0.205. The Morgan fingerprint density at radius 2 is 2.19 bits per heavy atom. The zero-order valence-electron chi connectivity index (χ0n) is 12.0. The summed E-state index contributed by atoms with van der Waals surface area (Å²) in [5.41, 5.74) is 2.51. The third-order valence-electron chi connectivity index (χ3n) is 3.02. The van der Waals surface area contributed by atoms with Gasteiger partial charge in [-0.15, -0.1) is 0 Å². The SMILES string of the molecule is CCNc1ncc(C(=O)NCc2ccncc2C)cc1Cl. The van der Waals surface area contributed by atoms with Crippen LogP contribution in [0.5, 0.6) is 0 Å². The Bertz CT molecular complexity index is 645. The van der Waals surface area contributed by atoms with Gasteiger partial charge in [-0.05, 0) is 37.1 Å². The second-order valence-electron chi connectivity index (χ2n) is 4.57. The van der Waals surface area contributed by atoms with Gasteiger partial charge >= 0.3 is 0 Å². The summed E-state index contributed by atoms with van der Waals surface area (Å²) >= 11 is 6.08.